The summed E-state index contributed by atoms with van der Waals surface area (Å²) in [5.41, 5.74) is 2.45. The monoisotopic (exact) mass is 252 g/mol. The number of carbonyl (C=O) groups excluding carboxylic acids is 1. The quantitative estimate of drug-likeness (QED) is 0.431. The van der Waals surface area contributed by atoms with Gasteiger partial charge in [-0.2, -0.15) is 0 Å². The molecule has 0 radical (unpaired) electrons. The highest BCUT2D eigenvalue weighted by molar-refractivity contribution is 5.83. The third-order valence-electron chi connectivity index (χ3n) is 2.29. The predicted octanol–water partition coefficient (Wildman–Crippen LogP) is 0.397. The highest BCUT2D eigenvalue weighted by Crippen LogP contribution is 2.10. The van der Waals surface area contributed by atoms with Crippen molar-refractivity contribution >= 4 is 17.5 Å². The van der Waals surface area contributed by atoms with Crippen LogP contribution in [0, 0.1) is 6.92 Å². The molecular formula is C11H20N6O. The second-order valence-electron chi connectivity index (χ2n) is 3.99. The Labute approximate surface area is 107 Å². The van der Waals surface area contributed by atoms with Crippen LogP contribution in [0.3, 0.4) is 0 Å². The number of rotatable bonds is 6. The lowest BCUT2D eigenvalue weighted by molar-refractivity contribution is -0.121. The van der Waals surface area contributed by atoms with Gasteiger partial charge < -0.3 is 16.1 Å². The third-order valence-corrected chi connectivity index (χ3v) is 2.29. The van der Waals surface area contributed by atoms with Crippen LogP contribution in [0.25, 0.3) is 0 Å². The zero-order valence-corrected chi connectivity index (χ0v) is 10.9. The van der Waals surface area contributed by atoms with Gasteiger partial charge in [0, 0.05) is 12.6 Å². The Kier molecular flexibility index (Phi) is 5.31. The van der Waals surface area contributed by atoms with E-state index in [1.54, 1.807) is 19.9 Å². The van der Waals surface area contributed by atoms with Crippen molar-refractivity contribution in [2.45, 2.75) is 33.2 Å². The van der Waals surface area contributed by atoms with Crippen LogP contribution in [-0.4, -0.2) is 28.5 Å². The smallest absolute Gasteiger partial charge is 0.242 e. The molecule has 1 atom stereocenters. The van der Waals surface area contributed by atoms with E-state index >= 15 is 0 Å². The molecule has 18 heavy (non-hydrogen) atoms. The average Bonchev–Trinajstić information content (AvgIpc) is 2.34. The number of aromatic nitrogens is 2. The second kappa shape index (κ2) is 6.75. The Morgan fingerprint density at radius 1 is 1.44 bits per heavy atom. The first-order chi connectivity index (χ1) is 8.56. The maximum atomic E-state index is 11.7. The van der Waals surface area contributed by atoms with Gasteiger partial charge in [-0.3, -0.25) is 4.79 Å². The first kappa shape index (κ1) is 14.2. The number of amides is 1. The molecule has 1 unspecified atom stereocenters. The molecule has 0 bridgehead atoms. The molecule has 1 amide bonds. The van der Waals surface area contributed by atoms with Crippen LogP contribution in [0.5, 0.6) is 0 Å². The van der Waals surface area contributed by atoms with Crippen molar-refractivity contribution in [3.8, 4) is 0 Å². The molecule has 0 spiro atoms. The summed E-state index contributed by atoms with van der Waals surface area (Å²) in [6.07, 6.45) is 0.909. The lowest BCUT2D eigenvalue weighted by Gasteiger charge is -2.15. The van der Waals surface area contributed by atoms with Gasteiger partial charge >= 0.3 is 0 Å². The average molecular weight is 252 g/mol. The van der Waals surface area contributed by atoms with Crippen molar-refractivity contribution in [3.05, 3.63) is 11.9 Å². The van der Waals surface area contributed by atoms with Gasteiger partial charge in [0.05, 0.1) is 0 Å². The van der Waals surface area contributed by atoms with Crippen molar-refractivity contribution in [2.75, 3.05) is 17.3 Å². The lowest BCUT2D eigenvalue weighted by Crippen LogP contribution is -2.38. The van der Waals surface area contributed by atoms with Crippen molar-refractivity contribution in [3.63, 3.8) is 0 Å². The molecule has 7 nitrogen and oxygen atoms in total. The van der Waals surface area contributed by atoms with Crippen molar-refractivity contribution < 1.29 is 4.79 Å². The summed E-state index contributed by atoms with van der Waals surface area (Å²) >= 11 is 0. The molecular weight excluding hydrogens is 232 g/mol. The maximum Gasteiger partial charge on any atom is 0.242 e. The minimum Gasteiger partial charge on any atom is -0.358 e. The first-order valence-corrected chi connectivity index (χ1v) is 5.93. The molecule has 0 fully saturated rings. The van der Waals surface area contributed by atoms with E-state index in [-0.39, 0.29) is 11.9 Å². The molecule has 5 N–H and O–H groups in total. The van der Waals surface area contributed by atoms with Gasteiger partial charge in [0.1, 0.15) is 23.5 Å². The zero-order valence-electron chi connectivity index (χ0n) is 10.9. The summed E-state index contributed by atoms with van der Waals surface area (Å²) < 4.78 is 0. The van der Waals surface area contributed by atoms with Gasteiger partial charge in [0.15, 0.2) is 0 Å². The van der Waals surface area contributed by atoms with E-state index in [0.717, 1.165) is 6.42 Å². The van der Waals surface area contributed by atoms with Gasteiger partial charge in [0.25, 0.3) is 0 Å². The Hall–Kier alpha value is -1.89. The number of hydrogen-bond donors (Lipinski definition) is 4. The number of hydrogen-bond acceptors (Lipinski definition) is 6. The number of hydrazine groups is 1. The number of nitrogens with one attached hydrogen (secondary N) is 3. The molecule has 1 heterocycles. The fraction of sp³-hybridized carbons (Fsp3) is 0.545. The maximum absolute atomic E-state index is 11.7. The Morgan fingerprint density at radius 2 is 2.11 bits per heavy atom. The molecule has 1 aromatic rings. The molecule has 0 aliphatic heterocycles. The topological polar surface area (TPSA) is 105 Å². The summed E-state index contributed by atoms with van der Waals surface area (Å²) in [5.74, 6) is 6.88. The van der Waals surface area contributed by atoms with Crippen LogP contribution in [0.4, 0.5) is 11.6 Å². The zero-order chi connectivity index (χ0) is 13.5. The minimum atomic E-state index is -0.364. The summed E-state index contributed by atoms with van der Waals surface area (Å²) in [6.45, 7) is 6.21. The third kappa shape index (κ3) is 4.17. The molecule has 0 aliphatic rings. The molecule has 1 rings (SSSR count). The van der Waals surface area contributed by atoms with Crippen LogP contribution in [-0.2, 0) is 4.79 Å². The Bertz CT molecular complexity index is 409. The molecule has 0 saturated heterocycles. The molecule has 0 aromatic carbocycles. The number of anilines is 2. The highest BCUT2D eigenvalue weighted by atomic mass is 16.2. The molecule has 0 saturated carbocycles. The Morgan fingerprint density at radius 3 is 2.72 bits per heavy atom. The number of nitrogen functional groups attached to an aromatic ring is 1. The van der Waals surface area contributed by atoms with E-state index < -0.39 is 0 Å². The van der Waals surface area contributed by atoms with Crippen molar-refractivity contribution in [1.82, 2.24) is 15.3 Å². The molecule has 1 aromatic heterocycles. The minimum absolute atomic E-state index is 0.0598. The van der Waals surface area contributed by atoms with E-state index in [1.807, 2.05) is 6.92 Å². The Balaban J connectivity index is 2.66. The number of nitrogens with two attached hydrogens (primary N) is 1. The van der Waals surface area contributed by atoms with E-state index in [2.05, 4.69) is 26.0 Å². The predicted molar refractivity (Wildman–Crippen MR) is 71.0 cm³/mol. The fourth-order valence-corrected chi connectivity index (χ4v) is 1.40. The highest BCUT2D eigenvalue weighted by Gasteiger charge is 2.12. The number of nitrogens with zero attached hydrogens (tertiary/aromatic N) is 2. The molecule has 0 aliphatic carbocycles. The normalized spacial score (nSPS) is 11.8. The van der Waals surface area contributed by atoms with Crippen LogP contribution >= 0.6 is 0 Å². The van der Waals surface area contributed by atoms with E-state index in [0.29, 0.717) is 24.0 Å². The second-order valence-corrected chi connectivity index (χ2v) is 3.99. The van der Waals surface area contributed by atoms with Gasteiger partial charge in [-0.1, -0.05) is 6.92 Å². The van der Waals surface area contributed by atoms with Crippen LogP contribution in [0.15, 0.2) is 6.07 Å². The summed E-state index contributed by atoms with van der Waals surface area (Å²) in [4.78, 5) is 19.9. The van der Waals surface area contributed by atoms with Crippen LogP contribution < -0.4 is 21.9 Å². The number of carbonyl (C=O) groups is 1. The largest absolute Gasteiger partial charge is 0.358 e. The summed E-state index contributed by atoms with van der Waals surface area (Å²) in [7, 11) is 0. The number of aryl methyl sites for hydroxylation is 1. The fourth-order valence-electron chi connectivity index (χ4n) is 1.40. The van der Waals surface area contributed by atoms with Crippen LogP contribution in [0.1, 0.15) is 26.1 Å². The van der Waals surface area contributed by atoms with Gasteiger partial charge in [0.2, 0.25) is 5.91 Å². The van der Waals surface area contributed by atoms with Gasteiger partial charge in [-0.05, 0) is 20.3 Å². The molecule has 100 valence electrons. The SMILES string of the molecule is CCCNC(=O)C(C)Nc1cc(NN)nc(C)n1. The van der Waals surface area contributed by atoms with E-state index in [4.69, 9.17) is 5.84 Å². The standard InChI is InChI=1S/C11H20N6O/c1-4-5-13-11(18)7(2)14-9-6-10(17-12)16-8(3)15-9/h6-7H,4-5,12H2,1-3H3,(H,13,18)(H2,14,15,16,17). The van der Waals surface area contributed by atoms with Crippen molar-refractivity contribution in [2.24, 2.45) is 5.84 Å². The lowest BCUT2D eigenvalue weighted by atomic mass is 10.3. The van der Waals surface area contributed by atoms with Crippen LogP contribution in [0.2, 0.25) is 0 Å². The van der Waals surface area contributed by atoms with Gasteiger partial charge in [-0.15, -0.1) is 0 Å². The summed E-state index contributed by atoms with van der Waals surface area (Å²) in [6, 6.07) is 1.29. The van der Waals surface area contributed by atoms with E-state index in [1.165, 1.54) is 0 Å². The summed E-state index contributed by atoms with van der Waals surface area (Å²) in [5, 5.41) is 5.82. The van der Waals surface area contributed by atoms with E-state index in [9.17, 15) is 4.79 Å². The van der Waals surface area contributed by atoms with Gasteiger partial charge in [-0.25, -0.2) is 15.8 Å². The molecule has 7 heteroatoms. The first-order valence-electron chi connectivity index (χ1n) is 5.93. The van der Waals surface area contributed by atoms with Crippen molar-refractivity contribution in [1.29, 1.82) is 0 Å².